The Hall–Kier alpha value is -1.84. The summed E-state index contributed by atoms with van der Waals surface area (Å²) in [4.78, 5) is 30.2. The van der Waals surface area contributed by atoms with E-state index in [-0.39, 0.29) is 36.0 Å². The number of hydrogen-bond acceptors (Lipinski definition) is 2. The van der Waals surface area contributed by atoms with Crippen molar-refractivity contribution in [2.45, 2.75) is 90.4 Å². The molecule has 4 heteroatoms. The van der Waals surface area contributed by atoms with Crippen molar-refractivity contribution in [3.8, 4) is 0 Å². The molecule has 0 aromatic heterocycles. The molecule has 0 radical (unpaired) electrons. The lowest BCUT2D eigenvalue weighted by atomic mass is 9.95. The fraction of sp³-hybridized carbons (Fsp3) is 0.636. The second kappa shape index (κ2) is 7.81. The highest BCUT2D eigenvalue weighted by Gasteiger charge is 2.32. The minimum absolute atomic E-state index is 0.0547. The Balaban J connectivity index is 1.83. The van der Waals surface area contributed by atoms with Crippen molar-refractivity contribution in [3.05, 3.63) is 35.4 Å². The molecule has 4 unspecified atom stereocenters. The van der Waals surface area contributed by atoms with E-state index in [0.29, 0.717) is 11.1 Å². The van der Waals surface area contributed by atoms with E-state index in [0.717, 1.165) is 25.7 Å². The zero-order chi connectivity index (χ0) is 18.8. The minimum Gasteiger partial charge on any atom is -0.333 e. The second-order valence-electron chi connectivity index (χ2n) is 8.26. The highest BCUT2D eigenvalue weighted by molar-refractivity contribution is 6.00. The number of amides is 2. The predicted octanol–water partition coefficient (Wildman–Crippen LogP) is 4.49. The van der Waals surface area contributed by atoms with Gasteiger partial charge in [-0.25, -0.2) is 0 Å². The molecule has 0 bridgehead atoms. The molecule has 2 saturated heterocycles. The van der Waals surface area contributed by atoms with Crippen LogP contribution >= 0.6 is 0 Å². The number of likely N-dealkylation sites (tertiary alicyclic amines) is 2. The third kappa shape index (κ3) is 3.65. The summed E-state index contributed by atoms with van der Waals surface area (Å²) >= 11 is 0. The maximum atomic E-state index is 13.1. The van der Waals surface area contributed by atoms with Gasteiger partial charge in [0.05, 0.1) is 0 Å². The van der Waals surface area contributed by atoms with Gasteiger partial charge in [0.1, 0.15) is 0 Å². The lowest BCUT2D eigenvalue weighted by Crippen LogP contribution is -2.48. The maximum absolute atomic E-state index is 13.1. The van der Waals surface area contributed by atoms with E-state index in [1.807, 2.05) is 28.0 Å². The van der Waals surface area contributed by atoms with Crippen LogP contribution < -0.4 is 0 Å². The molecular formula is C22H32N2O2. The number of carbonyl (C=O) groups excluding carboxylic acids is 2. The quantitative estimate of drug-likeness (QED) is 0.783. The number of nitrogens with zero attached hydrogens (tertiary/aromatic N) is 2. The van der Waals surface area contributed by atoms with Crippen molar-refractivity contribution in [2.24, 2.45) is 0 Å². The van der Waals surface area contributed by atoms with Crippen molar-refractivity contribution in [1.29, 1.82) is 0 Å². The molecule has 4 nitrogen and oxygen atoms in total. The number of carbonyl (C=O) groups is 2. The Morgan fingerprint density at radius 1 is 0.731 bits per heavy atom. The third-order valence-corrected chi connectivity index (χ3v) is 6.21. The molecule has 0 saturated carbocycles. The molecule has 0 aliphatic carbocycles. The molecule has 4 atom stereocenters. The number of benzene rings is 1. The van der Waals surface area contributed by atoms with Gasteiger partial charge < -0.3 is 9.80 Å². The van der Waals surface area contributed by atoms with Crippen LogP contribution in [0.15, 0.2) is 24.3 Å². The van der Waals surface area contributed by atoms with Crippen LogP contribution in [-0.4, -0.2) is 45.8 Å². The standard InChI is InChI=1S/C22H32N2O2/c1-15-8-5-9-16(2)23(15)21(25)19-12-7-13-20(14-19)22(26)24-17(3)10-6-11-18(24)4/h7,12-18H,5-6,8-11H2,1-4H3. The fourth-order valence-electron chi connectivity index (χ4n) is 4.73. The van der Waals surface area contributed by atoms with E-state index in [9.17, 15) is 9.59 Å². The van der Waals surface area contributed by atoms with Gasteiger partial charge in [-0.15, -0.1) is 0 Å². The van der Waals surface area contributed by atoms with Crippen LogP contribution in [0.1, 0.15) is 86.9 Å². The normalized spacial score (nSPS) is 29.5. The molecular weight excluding hydrogens is 324 g/mol. The number of hydrogen-bond donors (Lipinski definition) is 0. The summed E-state index contributed by atoms with van der Waals surface area (Å²) in [6, 6.07) is 8.36. The van der Waals surface area contributed by atoms with Gasteiger partial charge in [0, 0.05) is 35.3 Å². The van der Waals surface area contributed by atoms with E-state index in [1.165, 1.54) is 12.8 Å². The molecule has 2 aliphatic rings. The molecule has 1 aromatic carbocycles. The van der Waals surface area contributed by atoms with Crippen LogP contribution in [0.25, 0.3) is 0 Å². The van der Waals surface area contributed by atoms with Crippen LogP contribution in [0.4, 0.5) is 0 Å². The first-order valence-electron chi connectivity index (χ1n) is 10.2. The summed E-state index contributed by atoms with van der Waals surface area (Å²) in [5, 5.41) is 0. The van der Waals surface area contributed by atoms with Crippen molar-refractivity contribution in [2.75, 3.05) is 0 Å². The monoisotopic (exact) mass is 356 g/mol. The van der Waals surface area contributed by atoms with Gasteiger partial charge in [-0.2, -0.15) is 0 Å². The van der Waals surface area contributed by atoms with E-state index >= 15 is 0 Å². The predicted molar refractivity (Wildman–Crippen MR) is 104 cm³/mol. The molecule has 0 N–H and O–H groups in total. The van der Waals surface area contributed by atoms with Gasteiger partial charge >= 0.3 is 0 Å². The van der Waals surface area contributed by atoms with Crippen LogP contribution in [0, 0.1) is 0 Å². The van der Waals surface area contributed by atoms with Crippen LogP contribution in [0.2, 0.25) is 0 Å². The smallest absolute Gasteiger partial charge is 0.254 e. The molecule has 2 aliphatic heterocycles. The molecule has 26 heavy (non-hydrogen) atoms. The Bertz CT molecular complexity index is 599. The van der Waals surface area contributed by atoms with Crippen molar-refractivity contribution >= 4 is 11.8 Å². The summed E-state index contributed by atoms with van der Waals surface area (Å²) in [6.45, 7) is 8.50. The SMILES string of the molecule is CC1CCCC(C)N1C(=O)c1cccc(C(=O)N2C(C)CCCC2C)c1. The Kier molecular flexibility index (Phi) is 5.69. The summed E-state index contributed by atoms with van der Waals surface area (Å²) in [7, 11) is 0. The lowest BCUT2D eigenvalue weighted by Gasteiger charge is -2.40. The first kappa shape index (κ1) is 18.9. The Labute approximate surface area is 157 Å². The van der Waals surface area contributed by atoms with Gasteiger partial charge in [0.25, 0.3) is 11.8 Å². The van der Waals surface area contributed by atoms with E-state index in [2.05, 4.69) is 27.7 Å². The minimum atomic E-state index is 0.0547. The summed E-state index contributed by atoms with van der Waals surface area (Å²) in [5.41, 5.74) is 1.27. The Morgan fingerprint density at radius 3 is 1.42 bits per heavy atom. The Morgan fingerprint density at radius 2 is 1.08 bits per heavy atom. The second-order valence-corrected chi connectivity index (χ2v) is 8.26. The molecule has 2 amide bonds. The first-order chi connectivity index (χ1) is 12.4. The third-order valence-electron chi connectivity index (χ3n) is 6.21. The summed E-state index contributed by atoms with van der Waals surface area (Å²) in [6.07, 6.45) is 6.56. The van der Waals surface area contributed by atoms with Crippen molar-refractivity contribution in [1.82, 2.24) is 9.80 Å². The molecule has 2 fully saturated rings. The maximum Gasteiger partial charge on any atom is 0.254 e. The van der Waals surface area contributed by atoms with E-state index in [4.69, 9.17) is 0 Å². The van der Waals surface area contributed by atoms with E-state index in [1.54, 1.807) is 6.07 Å². The van der Waals surface area contributed by atoms with Gasteiger partial charge in [-0.05, 0) is 84.4 Å². The summed E-state index contributed by atoms with van der Waals surface area (Å²) < 4.78 is 0. The fourth-order valence-corrected chi connectivity index (χ4v) is 4.73. The zero-order valence-electron chi connectivity index (χ0n) is 16.6. The topological polar surface area (TPSA) is 40.6 Å². The van der Waals surface area contributed by atoms with Crippen molar-refractivity contribution in [3.63, 3.8) is 0 Å². The summed E-state index contributed by atoms with van der Waals surface area (Å²) in [5.74, 6) is 0.109. The largest absolute Gasteiger partial charge is 0.333 e. The molecule has 1 aromatic rings. The average Bonchev–Trinajstić information content (AvgIpc) is 2.61. The van der Waals surface area contributed by atoms with Crippen LogP contribution in [0.3, 0.4) is 0 Å². The van der Waals surface area contributed by atoms with Gasteiger partial charge in [0.2, 0.25) is 0 Å². The molecule has 0 spiro atoms. The van der Waals surface area contributed by atoms with Crippen LogP contribution in [-0.2, 0) is 0 Å². The molecule has 3 rings (SSSR count). The van der Waals surface area contributed by atoms with Crippen molar-refractivity contribution < 1.29 is 9.59 Å². The van der Waals surface area contributed by atoms with Gasteiger partial charge in [-0.3, -0.25) is 9.59 Å². The van der Waals surface area contributed by atoms with Crippen LogP contribution in [0.5, 0.6) is 0 Å². The first-order valence-corrected chi connectivity index (χ1v) is 10.2. The highest BCUT2D eigenvalue weighted by atomic mass is 16.2. The van der Waals surface area contributed by atoms with E-state index < -0.39 is 0 Å². The zero-order valence-corrected chi connectivity index (χ0v) is 16.6. The average molecular weight is 357 g/mol. The molecule has 142 valence electrons. The highest BCUT2D eigenvalue weighted by Crippen LogP contribution is 2.27. The number of rotatable bonds is 2. The molecule has 2 heterocycles. The number of piperidine rings is 2. The van der Waals surface area contributed by atoms with Gasteiger partial charge in [0.15, 0.2) is 0 Å². The van der Waals surface area contributed by atoms with Gasteiger partial charge in [-0.1, -0.05) is 6.07 Å². The lowest BCUT2D eigenvalue weighted by molar-refractivity contribution is 0.0509.